The second kappa shape index (κ2) is 4.46. The van der Waals surface area contributed by atoms with E-state index in [1.807, 2.05) is 12.1 Å². The van der Waals surface area contributed by atoms with Gasteiger partial charge in [0.05, 0.1) is 0 Å². The highest BCUT2D eigenvalue weighted by Crippen LogP contribution is 2.34. The maximum absolute atomic E-state index is 5.72. The van der Waals surface area contributed by atoms with E-state index in [0.29, 0.717) is 18.0 Å². The molecule has 1 aromatic carbocycles. The summed E-state index contributed by atoms with van der Waals surface area (Å²) in [6, 6.07) is 9.75. The minimum Gasteiger partial charge on any atom is -0.399 e. The number of likely N-dealkylation sites (tertiary alicyclic amines) is 1. The molecule has 2 nitrogen and oxygen atoms in total. The molecule has 0 spiro atoms. The molecule has 2 rings (SSSR count). The number of nitrogen functional groups attached to an aromatic ring is 1. The van der Waals surface area contributed by atoms with E-state index in [1.165, 1.54) is 18.4 Å². The smallest absolute Gasteiger partial charge is 0.0314 e. The number of hydrogen-bond acceptors (Lipinski definition) is 2. The monoisotopic (exact) mass is 218 g/mol. The Balaban J connectivity index is 2.13. The van der Waals surface area contributed by atoms with Gasteiger partial charge in [0, 0.05) is 17.8 Å². The van der Waals surface area contributed by atoms with E-state index in [1.54, 1.807) is 0 Å². The lowest BCUT2D eigenvalue weighted by atomic mass is 9.83. The normalized spacial score (nSPS) is 31.6. The third kappa shape index (κ3) is 2.22. The highest BCUT2D eigenvalue weighted by molar-refractivity contribution is 5.40. The van der Waals surface area contributed by atoms with Gasteiger partial charge in [-0.1, -0.05) is 12.1 Å². The van der Waals surface area contributed by atoms with E-state index < -0.39 is 0 Å². The Labute approximate surface area is 98.4 Å². The Morgan fingerprint density at radius 3 is 2.06 bits per heavy atom. The Bertz CT molecular complexity index is 332. The molecule has 0 amide bonds. The van der Waals surface area contributed by atoms with Crippen molar-refractivity contribution in [2.75, 3.05) is 12.8 Å². The largest absolute Gasteiger partial charge is 0.399 e. The summed E-state index contributed by atoms with van der Waals surface area (Å²) in [5.74, 6) is 0.696. The number of anilines is 1. The fourth-order valence-electron chi connectivity index (χ4n) is 2.73. The van der Waals surface area contributed by atoms with Crippen LogP contribution in [0.5, 0.6) is 0 Å². The van der Waals surface area contributed by atoms with Crippen LogP contribution in [0.2, 0.25) is 0 Å². The first-order chi connectivity index (χ1) is 7.58. The van der Waals surface area contributed by atoms with Crippen molar-refractivity contribution in [3.8, 4) is 0 Å². The summed E-state index contributed by atoms with van der Waals surface area (Å²) in [6.45, 7) is 4.64. The molecule has 2 atom stereocenters. The van der Waals surface area contributed by atoms with Crippen LogP contribution in [-0.4, -0.2) is 24.0 Å². The lowest BCUT2D eigenvalue weighted by Gasteiger charge is -2.40. The Kier molecular flexibility index (Phi) is 3.20. The zero-order chi connectivity index (χ0) is 11.7. The molecule has 1 aromatic rings. The number of rotatable bonds is 1. The molecule has 0 aliphatic carbocycles. The van der Waals surface area contributed by atoms with Gasteiger partial charge in [0.1, 0.15) is 0 Å². The quantitative estimate of drug-likeness (QED) is 0.734. The number of nitrogens with zero attached hydrogens (tertiary/aromatic N) is 1. The Morgan fingerprint density at radius 1 is 1.06 bits per heavy atom. The van der Waals surface area contributed by atoms with Crippen molar-refractivity contribution in [2.24, 2.45) is 0 Å². The number of benzene rings is 1. The van der Waals surface area contributed by atoms with Crippen molar-refractivity contribution in [1.29, 1.82) is 0 Å². The van der Waals surface area contributed by atoms with Gasteiger partial charge >= 0.3 is 0 Å². The second-order valence-corrected chi connectivity index (χ2v) is 5.20. The van der Waals surface area contributed by atoms with E-state index in [9.17, 15) is 0 Å². The van der Waals surface area contributed by atoms with Gasteiger partial charge in [0.2, 0.25) is 0 Å². The van der Waals surface area contributed by atoms with Crippen molar-refractivity contribution in [3.63, 3.8) is 0 Å². The van der Waals surface area contributed by atoms with Crippen LogP contribution in [-0.2, 0) is 0 Å². The average molecular weight is 218 g/mol. The summed E-state index contributed by atoms with van der Waals surface area (Å²) < 4.78 is 0. The summed E-state index contributed by atoms with van der Waals surface area (Å²) in [5, 5.41) is 0. The highest BCUT2D eigenvalue weighted by Gasteiger charge is 2.28. The molecular formula is C14H22N2. The zero-order valence-corrected chi connectivity index (χ0v) is 10.5. The van der Waals surface area contributed by atoms with Crippen LogP contribution in [0.1, 0.15) is 38.2 Å². The van der Waals surface area contributed by atoms with Crippen LogP contribution in [0.15, 0.2) is 24.3 Å². The van der Waals surface area contributed by atoms with Gasteiger partial charge in [-0.15, -0.1) is 0 Å². The zero-order valence-electron chi connectivity index (χ0n) is 10.5. The van der Waals surface area contributed by atoms with Crippen molar-refractivity contribution < 1.29 is 0 Å². The Hall–Kier alpha value is -1.02. The van der Waals surface area contributed by atoms with E-state index >= 15 is 0 Å². The SMILES string of the molecule is CC1CC(c2ccc(N)cc2)CC(C)N1C. The summed E-state index contributed by atoms with van der Waals surface area (Å²) in [6.07, 6.45) is 2.51. The molecule has 0 radical (unpaired) electrons. The van der Waals surface area contributed by atoms with Crippen molar-refractivity contribution in [2.45, 2.75) is 44.7 Å². The van der Waals surface area contributed by atoms with Crippen molar-refractivity contribution in [1.82, 2.24) is 4.90 Å². The van der Waals surface area contributed by atoms with Crippen LogP contribution in [0.25, 0.3) is 0 Å². The van der Waals surface area contributed by atoms with Crippen LogP contribution >= 0.6 is 0 Å². The first-order valence-electron chi connectivity index (χ1n) is 6.15. The summed E-state index contributed by atoms with van der Waals surface area (Å²) in [7, 11) is 2.23. The summed E-state index contributed by atoms with van der Waals surface area (Å²) in [4.78, 5) is 2.48. The Morgan fingerprint density at radius 2 is 1.56 bits per heavy atom. The van der Waals surface area contributed by atoms with Crippen molar-refractivity contribution >= 4 is 5.69 Å². The lowest BCUT2D eigenvalue weighted by molar-refractivity contribution is 0.123. The van der Waals surface area contributed by atoms with Crippen LogP contribution in [0, 0.1) is 0 Å². The summed E-state index contributed by atoms with van der Waals surface area (Å²) >= 11 is 0. The molecule has 2 heteroatoms. The molecule has 2 unspecified atom stereocenters. The third-order valence-electron chi connectivity index (χ3n) is 4.05. The summed E-state index contributed by atoms with van der Waals surface area (Å²) in [5.41, 5.74) is 8.03. The maximum Gasteiger partial charge on any atom is 0.0314 e. The molecule has 88 valence electrons. The van der Waals surface area contributed by atoms with Gasteiger partial charge in [0.25, 0.3) is 0 Å². The van der Waals surface area contributed by atoms with Crippen LogP contribution in [0.4, 0.5) is 5.69 Å². The number of piperidine rings is 1. The molecule has 1 aliphatic rings. The predicted octanol–water partition coefficient (Wildman–Crippen LogP) is 2.86. The van der Waals surface area contributed by atoms with E-state index in [0.717, 1.165) is 5.69 Å². The highest BCUT2D eigenvalue weighted by atomic mass is 15.2. The molecule has 1 heterocycles. The molecular weight excluding hydrogens is 196 g/mol. The predicted molar refractivity (Wildman–Crippen MR) is 69.5 cm³/mol. The van der Waals surface area contributed by atoms with E-state index in [4.69, 9.17) is 5.73 Å². The molecule has 2 N–H and O–H groups in total. The van der Waals surface area contributed by atoms with Crippen molar-refractivity contribution in [3.05, 3.63) is 29.8 Å². The minimum atomic E-state index is 0.673. The van der Waals surface area contributed by atoms with Gasteiger partial charge in [-0.2, -0.15) is 0 Å². The fourth-order valence-corrected chi connectivity index (χ4v) is 2.73. The molecule has 0 bridgehead atoms. The van der Waals surface area contributed by atoms with Gasteiger partial charge < -0.3 is 10.6 Å². The first-order valence-corrected chi connectivity index (χ1v) is 6.15. The first kappa shape index (κ1) is 11.5. The number of nitrogens with two attached hydrogens (primary N) is 1. The van der Waals surface area contributed by atoms with Crippen LogP contribution < -0.4 is 5.73 Å². The average Bonchev–Trinajstić information content (AvgIpc) is 2.26. The molecule has 0 saturated carbocycles. The van der Waals surface area contributed by atoms with Crippen LogP contribution in [0.3, 0.4) is 0 Å². The third-order valence-corrected chi connectivity index (χ3v) is 4.05. The van der Waals surface area contributed by atoms with Gasteiger partial charge in [-0.25, -0.2) is 0 Å². The molecule has 1 aliphatic heterocycles. The maximum atomic E-state index is 5.72. The molecule has 0 aromatic heterocycles. The van der Waals surface area contributed by atoms with Gasteiger partial charge in [-0.3, -0.25) is 0 Å². The number of hydrogen-bond donors (Lipinski definition) is 1. The van der Waals surface area contributed by atoms with Gasteiger partial charge in [0.15, 0.2) is 0 Å². The molecule has 16 heavy (non-hydrogen) atoms. The second-order valence-electron chi connectivity index (χ2n) is 5.20. The molecule has 1 saturated heterocycles. The van der Waals surface area contributed by atoms with E-state index in [2.05, 4.69) is 37.9 Å². The standard InChI is InChI=1S/C14H22N2/c1-10-8-13(9-11(2)16(10)3)12-4-6-14(15)7-5-12/h4-7,10-11,13H,8-9,15H2,1-3H3. The topological polar surface area (TPSA) is 29.3 Å². The lowest BCUT2D eigenvalue weighted by Crippen LogP contribution is -2.43. The minimum absolute atomic E-state index is 0.673. The van der Waals surface area contributed by atoms with Gasteiger partial charge in [-0.05, 0) is 57.4 Å². The van der Waals surface area contributed by atoms with E-state index in [-0.39, 0.29) is 0 Å². The molecule has 1 fully saturated rings. The fraction of sp³-hybridized carbons (Fsp3) is 0.571.